The van der Waals surface area contributed by atoms with Gasteiger partial charge in [-0.05, 0) is 26.7 Å². The van der Waals surface area contributed by atoms with E-state index < -0.39 is 0 Å². The van der Waals surface area contributed by atoms with Crippen molar-refractivity contribution in [1.82, 2.24) is 9.97 Å². The quantitative estimate of drug-likeness (QED) is 0.846. The highest BCUT2D eigenvalue weighted by Crippen LogP contribution is 2.37. The van der Waals surface area contributed by atoms with Crippen molar-refractivity contribution in [2.45, 2.75) is 58.0 Å². The summed E-state index contributed by atoms with van der Waals surface area (Å²) in [5.74, 6) is 1.76. The van der Waals surface area contributed by atoms with Gasteiger partial charge in [-0.25, -0.2) is 9.97 Å². The Labute approximate surface area is 116 Å². The van der Waals surface area contributed by atoms with Crippen molar-refractivity contribution in [2.75, 3.05) is 19.0 Å². The second-order valence-corrected chi connectivity index (χ2v) is 5.36. The van der Waals surface area contributed by atoms with Crippen LogP contribution in [0.4, 0.5) is 5.82 Å². The largest absolute Gasteiger partial charge is 0.370 e. The molecule has 0 saturated heterocycles. The maximum Gasteiger partial charge on any atom is 0.162 e. The van der Waals surface area contributed by atoms with Gasteiger partial charge in [-0.1, -0.05) is 25.7 Å². The van der Waals surface area contributed by atoms with E-state index in [0.717, 1.165) is 36.7 Å². The van der Waals surface area contributed by atoms with E-state index in [4.69, 9.17) is 4.74 Å². The zero-order valence-electron chi connectivity index (χ0n) is 12.3. The molecular formula is C15H25N3O. The number of nitrogens with zero attached hydrogens (tertiary/aromatic N) is 2. The molecule has 0 amide bonds. The Morgan fingerprint density at radius 3 is 2.47 bits per heavy atom. The lowest BCUT2D eigenvalue weighted by molar-refractivity contribution is -0.0351. The SMILES string of the molecule is CCNc1cc(C)nc(C2(OC)CCCCCC2)n1. The van der Waals surface area contributed by atoms with Crippen LogP contribution in [0.25, 0.3) is 0 Å². The maximum absolute atomic E-state index is 5.88. The molecule has 1 aliphatic carbocycles. The predicted octanol–water partition coefficient (Wildman–Crippen LogP) is 3.41. The van der Waals surface area contributed by atoms with E-state index in [2.05, 4.69) is 22.2 Å². The van der Waals surface area contributed by atoms with Gasteiger partial charge < -0.3 is 10.1 Å². The molecule has 19 heavy (non-hydrogen) atoms. The van der Waals surface area contributed by atoms with Crippen molar-refractivity contribution in [1.29, 1.82) is 0 Å². The second kappa shape index (κ2) is 6.33. The summed E-state index contributed by atoms with van der Waals surface area (Å²) in [5, 5.41) is 3.28. The molecule has 0 bridgehead atoms. The number of hydrogen-bond acceptors (Lipinski definition) is 4. The molecule has 1 heterocycles. The van der Waals surface area contributed by atoms with Gasteiger partial charge in [-0.2, -0.15) is 0 Å². The van der Waals surface area contributed by atoms with Crippen molar-refractivity contribution < 1.29 is 4.74 Å². The molecule has 106 valence electrons. The van der Waals surface area contributed by atoms with Crippen LogP contribution in [0.5, 0.6) is 0 Å². The lowest BCUT2D eigenvalue weighted by Gasteiger charge is -2.30. The van der Waals surface area contributed by atoms with Crippen LogP contribution in [0, 0.1) is 6.92 Å². The monoisotopic (exact) mass is 263 g/mol. The smallest absolute Gasteiger partial charge is 0.162 e. The van der Waals surface area contributed by atoms with Gasteiger partial charge in [-0.3, -0.25) is 0 Å². The fourth-order valence-corrected chi connectivity index (χ4v) is 2.86. The summed E-state index contributed by atoms with van der Waals surface area (Å²) in [7, 11) is 1.80. The summed E-state index contributed by atoms with van der Waals surface area (Å²) < 4.78 is 5.88. The Bertz CT molecular complexity index is 412. The highest BCUT2D eigenvalue weighted by Gasteiger charge is 2.36. The molecule has 1 N–H and O–H groups in total. The molecule has 0 radical (unpaired) electrons. The molecule has 0 aliphatic heterocycles. The Morgan fingerprint density at radius 1 is 1.21 bits per heavy atom. The molecule has 4 nitrogen and oxygen atoms in total. The third-order valence-electron chi connectivity index (χ3n) is 3.92. The molecule has 0 unspecified atom stereocenters. The van der Waals surface area contributed by atoms with Crippen LogP contribution >= 0.6 is 0 Å². The van der Waals surface area contributed by atoms with Gasteiger partial charge in [0.05, 0.1) is 0 Å². The molecule has 0 aromatic carbocycles. The lowest BCUT2D eigenvalue weighted by atomic mass is 9.93. The van der Waals surface area contributed by atoms with Gasteiger partial charge in [0, 0.05) is 25.4 Å². The van der Waals surface area contributed by atoms with Crippen LogP contribution in [0.2, 0.25) is 0 Å². The van der Waals surface area contributed by atoms with E-state index >= 15 is 0 Å². The number of methoxy groups -OCH3 is 1. The first-order valence-corrected chi connectivity index (χ1v) is 7.35. The number of nitrogens with one attached hydrogen (secondary N) is 1. The first-order chi connectivity index (χ1) is 9.20. The summed E-state index contributed by atoms with van der Waals surface area (Å²) in [5.41, 5.74) is 0.716. The van der Waals surface area contributed by atoms with Crippen molar-refractivity contribution in [3.8, 4) is 0 Å². The maximum atomic E-state index is 5.88. The number of hydrogen-bond donors (Lipinski definition) is 1. The third kappa shape index (κ3) is 3.24. The second-order valence-electron chi connectivity index (χ2n) is 5.36. The lowest BCUT2D eigenvalue weighted by Crippen LogP contribution is -2.31. The minimum Gasteiger partial charge on any atom is -0.370 e. The summed E-state index contributed by atoms with van der Waals surface area (Å²) >= 11 is 0. The van der Waals surface area contributed by atoms with Gasteiger partial charge >= 0.3 is 0 Å². The summed E-state index contributed by atoms with van der Waals surface area (Å²) in [6.07, 6.45) is 7.02. The van der Waals surface area contributed by atoms with E-state index in [9.17, 15) is 0 Å². The Hall–Kier alpha value is -1.16. The fraction of sp³-hybridized carbons (Fsp3) is 0.733. The minimum absolute atomic E-state index is 0.285. The Morgan fingerprint density at radius 2 is 1.89 bits per heavy atom. The molecule has 2 rings (SSSR count). The molecule has 0 spiro atoms. The zero-order valence-corrected chi connectivity index (χ0v) is 12.3. The highest BCUT2D eigenvalue weighted by atomic mass is 16.5. The van der Waals surface area contributed by atoms with E-state index in [1.807, 2.05) is 13.0 Å². The van der Waals surface area contributed by atoms with Crippen LogP contribution in [-0.2, 0) is 10.3 Å². The molecule has 4 heteroatoms. The van der Waals surface area contributed by atoms with Crippen LogP contribution in [0.3, 0.4) is 0 Å². The van der Waals surface area contributed by atoms with E-state index in [1.54, 1.807) is 7.11 Å². The first kappa shape index (κ1) is 14.3. The van der Waals surface area contributed by atoms with Gasteiger partial charge in [0.25, 0.3) is 0 Å². The number of rotatable bonds is 4. The molecule has 1 aromatic heterocycles. The van der Waals surface area contributed by atoms with Crippen molar-refractivity contribution in [3.63, 3.8) is 0 Å². The molecule has 1 fully saturated rings. The van der Waals surface area contributed by atoms with Gasteiger partial charge in [0.1, 0.15) is 11.4 Å². The summed E-state index contributed by atoms with van der Waals surface area (Å²) in [6.45, 7) is 4.97. The Balaban J connectivity index is 2.35. The van der Waals surface area contributed by atoms with Crippen molar-refractivity contribution >= 4 is 5.82 Å². The Kier molecular flexibility index (Phi) is 4.75. The zero-order chi connectivity index (χ0) is 13.7. The van der Waals surface area contributed by atoms with E-state index in [-0.39, 0.29) is 5.60 Å². The first-order valence-electron chi connectivity index (χ1n) is 7.35. The summed E-state index contributed by atoms with van der Waals surface area (Å²) in [4.78, 5) is 9.33. The van der Waals surface area contributed by atoms with Crippen LogP contribution in [-0.4, -0.2) is 23.6 Å². The van der Waals surface area contributed by atoms with Crippen molar-refractivity contribution in [3.05, 3.63) is 17.6 Å². The molecule has 1 saturated carbocycles. The molecular weight excluding hydrogens is 238 g/mol. The van der Waals surface area contributed by atoms with Gasteiger partial charge in [-0.15, -0.1) is 0 Å². The topological polar surface area (TPSA) is 47.0 Å². The predicted molar refractivity (Wildman–Crippen MR) is 77.3 cm³/mol. The highest BCUT2D eigenvalue weighted by molar-refractivity contribution is 5.36. The van der Waals surface area contributed by atoms with Crippen LogP contribution in [0.1, 0.15) is 57.0 Å². The average Bonchev–Trinajstić information content (AvgIpc) is 2.64. The molecule has 0 atom stereocenters. The minimum atomic E-state index is -0.285. The van der Waals surface area contributed by atoms with Gasteiger partial charge in [0.2, 0.25) is 0 Å². The normalized spacial score (nSPS) is 18.9. The summed E-state index contributed by atoms with van der Waals surface area (Å²) in [6, 6.07) is 1.99. The number of aryl methyl sites for hydroxylation is 1. The fourth-order valence-electron chi connectivity index (χ4n) is 2.86. The van der Waals surface area contributed by atoms with Crippen LogP contribution < -0.4 is 5.32 Å². The molecule has 1 aromatic rings. The average molecular weight is 263 g/mol. The number of anilines is 1. The molecule has 1 aliphatic rings. The number of aromatic nitrogens is 2. The van der Waals surface area contributed by atoms with Crippen LogP contribution in [0.15, 0.2) is 6.07 Å². The van der Waals surface area contributed by atoms with E-state index in [0.29, 0.717) is 0 Å². The third-order valence-corrected chi connectivity index (χ3v) is 3.92. The van der Waals surface area contributed by atoms with E-state index in [1.165, 1.54) is 25.7 Å². The number of ether oxygens (including phenoxy) is 1. The van der Waals surface area contributed by atoms with Crippen molar-refractivity contribution in [2.24, 2.45) is 0 Å². The van der Waals surface area contributed by atoms with Gasteiger partial charge in [0.15, 0.2) is 5.82 Å². The standard InChI is InChI=1S/C15H25N3O/c1-4-16-13-11-12(2)17-14(18-13)15(19-3)9-7-5-6-8-10-15/h11H,4-10H2,1-3H3,(H,16,17,18).